The van der Waals surface area contributed by atoms with Crippen molar-refractivity contribution >= 4 is 57.4 Å². The maximum atomic E-state index is 12.6. The van der Waals surface area contributed by atoms with Crippen LogP contribution in [0, 0.1) is 11.3 Å². The standard InChI is InChI=1S/C30H29ClN6O3.C4H4O4/c1-37(2)12-6-8-29(38)36-26-15-24-27(13-20(26)18-39-3)34-17-21(16-32)30(24)35-22-9-10-28(25(31)14-22)40-19-23-7-4-5-11-33-23;5-3(6)1-2-4(7)8/h4-11,13-15,17H,12,18-19H2,1-3H3,(H,34,35)(H,36,38);1-2H,(H,5,6)(H,7,8)/b8-6+;2-1-. The third-order valence-electron chi connectivity index (χ3n) is 6.18. The molecule has 0 spiro atoms. The first-order valence-electron chi connectivity index (χ1n) is 14.2. The highest BCUT2D eigenvalue weighted by molar-refractivity contribution is 6.32. The molecular formula is C34H33ClN6O7. The molecule has 0 aliphatic carbocycles. The Morgan fingerprint density at radius 3 is 2.38 bits per heavy atom. The van der Waals surface area contributed by atoms with Crippen molar-refractivity contribution in [3.05, 3.63) is 107 Å². The van der Waals surface area contributed by atoms with Crippen LogP contribution in [0.3, 0.4) is 0 Å². The number of pyridine rings is 2. The van der Waals surface area contributed by atoms with Gasteiger partial charge in [-0.25, -0.2) is 9.59 Å². The molecule has 0 fully saturated rings. The fraction of sp³-hybridized carbons (Fsp3) is 0.176. The van der Waals surface area contributed by atoms with E-state index in [0.717, 1.165) is 11.3 Å². The van der Waals surface area contributed by atoms with E-state index in [0.29, 0.717) is 63.0 Å². The molecule has 0 radical (unpaired) electrons. The van der Waals surface area contributed by atoms with Crippen molar-refractivity contribution < 1.29 is 34.1 Å². The van der Waals surface area contributed by atoms with Crippen molar-refractivity contribution in [3.8, 4) is 11.8 Å². The number of rotatable bonds is 13. The molecule has 13 nitrogen and oxygen atoms in total. The SMILES string of the molecule is COCc1cc2ncc(C#N)c(Nc3ccc(OCc4ccccn4)c(Cl)c3)c2cc1NC(=O)/C=C/CN(C)C.O=C(O)/C=C\C(=O)O. The number of anilines is 3. The minimum absolute atomic E-state index is 0.271. The number of carboxylic acid groups (broad SMARTS) is 2. The van der Waals surface area contributed by atoms with Gasteiger partial charge in [-0.3, -0.25) is 14.8 Å². The molecule has 0 atom stereocenters. The van der Waals surface area contributed by atoms with Gasteiger partial charge in [0.05, 0.1) is 34.1 Å². The monoisotopic (exact) mass is 672 g/mol. The quantitative estimate of drug-likeness (QED) is 0.133. The fourth-order valence-corrected chi connectivity index (χ4v) is 4.29. The van der Waals surface area contributed by atoms with Crippen LogP contribution in [0.1, 0.15) is 16.8 Å². The number of ether oxygens (including phenoxy) is 2. The van der Waals surface area contributed by atoms with Crippen molar-refractivity contribution in [2.75, 3.05) is 38.4 Å². The number of nitriles is 1. The third-order valence-corrected chi connectivity index (χ3v) is 6.48. The number of halogens is 1. The van der Waals surface area contributed by atoms with Gasteiger partial charge in [0.1, 0.15) is 18.4 Å². The average Bonchev–Trinajstić information content (AvgIpc) is 3.04. The molecule has 4 N–H and O–H groups in total. The number of carboxylic acids is 2. The van der Waals surface area contributed by atoms with Gasteiger partial charge in [0.25, 0.3) is 0 Å². The summed E-state index contributed by atoms with van der Waals surface area (Å²) in [6.45, 7) is 1.19. The normalized spacial score (nSPS) is 10.8. The molecule has 2 aromatic heterocycles. The molecule has 14 heteroatoms. The van der Waals surface area contributed by atoms with Gasteiger partial charge in [-0.15, -0.1) is 0 Å². The summed E-state index contributed by atoms with van der Waals surface area (Å²) in [4.78, 5) is 42.4. The van der Waals surface area contributed by atoms with Crippen molar-refractivity contribution in [2.24, 2.45) is 0 Å². The predicted octanol–water partition coefficient (Wildman–Crippen LogP) is 5.39. The number of hydrogen-bond donors (Lipinski definition) is 4. The fourth-order valence-electron chi connectivity index (χ4n) is 4.06. The van der Waals surface area contributed by atoms with Crippen LogP contribution < -0.4 is 15.4 Å². The molecule has 2 heterocycles. The number of fused-ring (bicyclic) bond motifs is 1. The second-order valence-electron chi connectivity index (χ2n) is 10.2. The highest BCUT2D eigenvalue weighted by Gasteiger charge is 2.15. The molecule has 0 aliphatic heterocycles. The first kappa shape index (κ1) is 36.7. The van der Waals surface area contributed by atoms with Crippen molar-refractivity contribution in [1.82, 2.24) is 14.9 Å². The molecule has 1 amide bonds. The summed E-state index contributed by atoms with van der Waals surface area (Å²) in [5, 5.41) is 32.8. The first-order chi connectivity index (χ1) is 23.0. The molecule has 4 rings (SSSR count). The summed E-state index contributed by atoms with van der Waals surface area (Å²) in [6, 6.07) is 16.7. The third kappa shape index (κ3) is 11.5. The van der Waals surface area contributed by atoms with Crippen LogP contribution in [0.2, 0.25) is 5.02 Å². The van der Waals surface area contributed by atoms with Gasteiger partial charge >= 0.3 is 11.9 Å². The van der Waals surface area contributed by atoms with E-state index in [1.807, 2.05) is 49.3 Å². The number of nitrogens with zero attached hydrogens (tertiary/aromatic N) is 4. The number of aromatic nitrogens is 2. The molecule has 0 bridgehead atoms. The Morgan fingerprint density at radius 2 is 1.77 bits per heavy atom. The summed E-state index contributed by atoms with van der Waals surface area (Å²) in [5.41, 5.74) is 4.25. The van der Waals surface area contributed by atoms with Gasteiger partial charge in [-0.1, -0.05) is 23.7 Å². The highest BCUT2D eigenvalue weighted by Crippen LogP contribution is 2.35. The summed E-state index contributed by atoms with van der Waals surface area (Å²) in [6.07, 6.45) is 7.60. The van der Waals surface area contributed by atoms with Gasteiger partial charge in [-0.2, -0.15) is 5.26 Å². The summed E-state index contributed by atoms with van der Waals surface area (Å²) in [5.74, 6) is -2.28. The molecule has 0 saturated heterocycles. The lowest BCUT2D eigenvalue weighted by Crippen LogP contribution is -2.14. The Bertz CT molecular complexity index is 1840. The maximum Gasteiger partial charge on any atom is 0.328 e. The minimum atomic E-state index is -1.26. The van der Waals surface area contributed by atoms with E-state index >= 15 is 0 Å². The molecule has 0 unspecified atom stereocenters. The van der Waals surface area contributed by atoms with Gasteiger partial charge in [0.2, 0.25) is 5.91 Å². The van der Waals surface area contributed by atoms with Crippen LogP contribution in [0.25, 0.3) is 10.9 Å². The Balaban J connectivity index is 0.000000694. The van der Waals surface area contributed by atoms with Crippen LogP contribution in [0.15, 0.2) is 85.2 Å². The average molecular weight is 673 g/mol. The van der Waals surface area contributed by atoms with Gasteiger partial charge < -0.3 is 35.2 Å². The maximum absolute atomic E-state index is 12.6. The Hall–Kier alpha value is -5.81. The number of hydrogen-bond acceptors (Lipinski definition) is 10. The van der Waals surface area contributed by atoms with E-state index in [9.17, 15) is 19.6 Å². The van der Waals surface area contributed by atoms with Gasteiger partial charge in [0, 0.05) is 66.6 Å². The molecule has 4 aromatic rings. The number of nitrogens with one attached hydrogen (secondary N) is 2. The number of benzene rings is 2. The lowest BCUT2D eigenvalue weighted by atomic mass is 10.0. The Labute approximate surface area is 281 Å². The van der Waals surface area contributed by atoms with E-state index in [1.165, 1.54) is 12.3 Å². The van der Waals surface area contributed by atoms with Crippen LogP contribution >= 0.6 is 11.6 Å². The lowest BCUT2D eigenvalue weighted by molar-refractivity contribution is -0.134. The summed E-state index contributed by atoms with van der Waals surface area (Å²) < 4.78 is 11.2. The zero-order valence-electron chi connectivity index (χ0n) is 26.3. The zero-order valence-corrected chi connectivity index (χ0v) is 27.1. The van der Waals surface area contributed by atoms with Crippen LogP contribution in [0.5, 0.6) is 5.75 Å². The van der Waals surface area contributed by atoms with Crippen LogP contribution in [0.4, 0.5) is 17.1 Å². The topological polar surface area (TPSA) is 187 Å². The molecular weight excluding hydrogens is 640 g/mol. The van der Waals surface area contributed by atoms with Gasteiger partial charge in [0.15, 0.2) is 0 Å². The van der Waals surface area contributed by atoms with E-state index in [2.05, 4.69) is 26.7 Å². The van der Waals surface area contributed by atoms with E-state index in [-0.39, 0.29) is 19.1 Å². The van der Waals surface area contributed by atoms with E-state index in [4.69, 9.17) is 31.3 Å². The number of likely N-dealkylation sites (N-methyl/N-ethyl adjacent to an activating group) is 1. The van der Waals surface area contributed by atoms with Crippen LogP contribution in [-0.2, 0) is 32.3 Å². The summed E-state index contributed by atoms with van der Waals surface area (Å²) in [7, 11) is 5.43. The second kappa shape index (κ2) is 18.4. The van der Waals surface area contributed by atoms with Crippen molar-refractivity contribution in [3.63, 3.8) is 0 Å². The molecule has 0 aliphatic rings. The molecule has 248 valence electrons. The minimum Gasteiger partial charge on any atom is -0.486 e. The first-order valence-corrected chi connectivity index (χ1v) is 14.6. The van der Waals surface area contributed by atoms with Crippen molar-refractivity contribution in [2.45, 2.75) is 13.2 Å². The number of carbonyl (C=O) groups excluding carboxylic acids is 1. The molecule has 0 saturated carbocycles. The van der Waals surface area contributed by atoms with E-state index < -0.39 is 11.9 Å². The largest absolute Gasteiger partial charge is 0.486 e. The van der Waals surface area contributed by atoms with E-state index in [1.54, 1.807) is 37.6 Å². The van der Waals surface area contributed by atoms with Gasteiger partial charge in [-0.05, 0) is 56.6 Å². The van der Waals surface area contributed by atoms with Crippen molar-refractivity contribution in [1.29, 1.82) is 5.26 Å². The number of amides is 1. The number of methoxy groups -OCH3 is 1. The molecule has 2 aromatic carbocycles. The summed E-state index contributed by atoms with van der Waals surface area (Å²) >= 11 is 6.52. The number of aliphatic carboxylic acids is 2. The van der Waals surface area contributed by atoms with Crippen LogP contribution in [-0.4, -0.2) is 70.7 Å². The molecule has 48 heavy (non-hydrogen) atoms. The highest BCUT2D eigenvalue weighted by atomic mass is 35.5. The Morgan fingerprint density at radius 1 is 1.02 bits per heavy atom. The second-order valence-corrected chi connectivity index (χ2v) is 10.6. The zero-order chi connectivity index (χ0) is 35.1. The smallest absolute Gasteiger partial charge is 0.328 e. The number of carbonyl (C=O) groups is 3. The lowest BCUT2D eigenvalue weighted by Gasteiger charge is -2.16. The Kier molecular flexibility index (Phi) is 14.0. The predicted molar refractivity (Wildman–Crippen MR) is 181 cm³/mol.